The summed E-state index contributed by atoms with van der Waals surface area (Å²) < 4.78 is 42.8. The lowest BCUT2D eigenvalue weighted by Crippen LogP contribution is -2.51. The summed E-state index contributed by atoms with van der Waals surface area (Å²) in [5, 5.41) is 3.02. The summed E-state index contributed by atoms with van der Waals surface area (Å²) in [7, 11) is 0. The van der Waals surface area contributed by atoms with Gasteiger partial charge in [0.15, 0.2) is 0 Å². The van der Waals surface area contributed by atoms with Gasteiger partial charge in [-0.1, -0.05) is 19.6 Å². The van der Waals surface area contributed by atoms with Crippen LogP contribution in [-0.2, 0) is 10.9 Å². The van der Waals surface area contributed by atoms with Crippen molar-refractivity contribution in [1.29, 1.82) is 0 Å². The number of pyridine rings is 1. The number of aromatic nitrogens is 1. The molecule has 1 amide bonds. The van der Waals surface area contributed by atoms with Crippen molar-refractivity contribution in [2.24, 2.45) is 5.92 Å². The maximum absolute atomic E-state index is 12.6. The van der Waals surface area contributed by atoms with E-state index < -0.39 is 17.8 Å². The highest BCUT2D eigenvalue weighted by molar-refractivity contribution is 5.68. The second kappa shape index (κ2) is 8.22. The van der Waals surface area contributed by atoms with Crippen LogP contribution in [0.1, 0.15) is 25.3 Å². The molecule has 2 unspecified atom stereocenters. The van der Waals surface area contributed by atoms with Gasteiger partial charge in [0.25, 0.3) is 0 Å². The van der Waals surface area contributed by atoms with Gasteiger partial charge in [-0.2, -0.15) is 13.2 Å². The summed E-state index contributed by atoms with van der Waals surface area (Å²) in [6.07, 6.45) is -0.654. The highest BCUT2D eigenvalue weighted by Gasteiger charge is 2.33. The van der Waals surface area contributed by atoms with Gasteiger partial charge in [0.2, 0.25) is 0 Å². The summed E-state index contributed by atoms with van der Waals surface area (Å²) in [5.41, 5.74) is -0.793. The van der Waals surface area contributed by atoms with Crippen molar-refractivity contribution < 1.29 is 22.7 Å². The molecule has 2 heterocycles. The molecule has 1 N–H and O–H groups in total. The molecule has 1 aromatic heterocycles. The van der Waals surface area contributed by atoms with Crippen molar-refractivity contribution in [3.8, 4) is 0 Å². The first-order valence-electron chi connectivity index (χ1n) is 8.14. The second-order valence-corrected chi connectivity index (χ2v) is 6.06. The van der Waals surface area contributed by atoms with Crippen LogP contribution in [0, 0.1) is 5.92 Å². The van der Waals surface area contributed by atoms with Crippen LogP contribution in [0.5, 0.6) is 0 Å². The highest BCUT2D eigenvalue weighted by Crippen LogP contribution is 2.29. The number of anilines is 1. The number of halogens is 3. The zero-order chi connectivity index (χ0) is 18.4. The molecule has 1 saturated heterocycles. The number of hydrogen-bond donors (Lipinski definition) is 1. The Kier molecular flexibility index (Phi) is 6.27. The molecule has 0 aromatic carbocycles. The predicted octanol–water partition coefficient (Wildman–Crippen LogP) is 3.94. The van der Waals surface area contributed by atoms with E-state index >= 15 is 0 Å². The number of ether oxygens (including phenoxy) is 1. The molecule has 1 aromatic rings. The molecule has 1 aliphatic rings. The average molecular weight is 357 g/mol. The summed E-state index contributed by atoms with van der Waals surface area (Å²) in [6.45, 7) is 6.68. The Hall–Kier alpha value is -2.25. The van der Waals surface area contributed by atoms with Crippen molar-refractivity contribution in [1.82, 2.24) is 9.88 Å². The molecule has 0 aliphatic carbocycles. The normalized spacial score (nSPS) is 20.9. The molecule has 1 fully saturated rings. The van der Waals surface area contributed by atoms with Gasteiger partial charge in [0.1, 0.15) is 12.4 Å². The summed E-state index contributed by atoms with van der Waals surface area (Å²) >= 11 is 0. The molecule has 5 nitrogen and oxygen atoms in total. The fraction of sp³-hybridized carbons (Fsp3) is 0.529. The van der Waals surface area contributed by atoms with E-state index in [4.69, 9.17) is 4.74 Å². The number of likely N-dealkylation sites (tertiary alicyclic amines) is 1. The third kappa shape index (κ3) is 5.11. The number of carbonyl (C=O) groups excluding carboxylic acids is 1. The minimum atomic E-state index is -4.41. The maximum Gasteiger partial charge on any atom is 0.417 e. The van der Waals surface area contributed by atoms with Gasteiger partial charge in [-0.3, -0.25) is 0 Å². The van der Waals surface area contributed by atoms with E-state index in [0.29, 0.717) is 18.9 Å². The predicted molar refractivity (Wildman–Crippen MR) is 88.2 cm³/mol. The van der Waals surface area contributed by atoms with Crippen LogP contribution < -0.4 is 5.32 Å². The van der Waals surface area contributed by atoms with Gasteiger partial charge >= 0.3 is 12.3 Å². The molecule has 0 saturated carbocycles. The van der Waals surface area contributed by atoms with Crippen LogP contribution in [0.15, 0.2) is 31.0 Å². The fourth-order valence-electron chi connectivity index (χ4n) is 2.88. The standard InChI is InChI=1S/C17H22F3N3O2/c1-3-9-25-16(24)23-8-4-5-12(2)14(23)11-22-15-7-6-13(10-21-15)17(18,19)20/h3,6-7,10,12,14H,1,4-5,8-9,11H2,2H3,(H,21,22). The topological polar surface area (TPSA) is 54.5 Å². The van der Waals surface area contributed by atoms with Gasteiger partial charge in [0, 0.05) is 19.3 Å². The van der Waals surface area contributed by atoms with E-state index in [-0.39, 0.29) is 18.6 Å². The monoisotopic (exact) mass is 357 g/mol. The molecule has 1 aliphatic heterocycles. The lowest BCUT2D eigenvalue weighted by Gasteiger charge is -2.39. The molecule has 0 spiro atoms. The zero-order valence-corrected chi connectivity index (χ0v) is 14.1. The number of nitrogens with zero attached hydrogens (tertiary/aromatic N) is 2. The Labute approximate surface area is 144 Å². The van der Waals surface area contributed by atoms with E-state index in [1.807, 2.05) is 6.92 Å². The smallest absolute Gasteiger partial charge is 0.417 e. The Morgan fingerprint density at radius 1 is 1.52 bits per heavy atom. The van der Waals surface area contributed by atoms with Crippen LogP contribution >= 0.6 is 0 Å². The summed E-state index contributed by atoms with van der Waals surface area (Å²) in [6, 6.07) is 2.15. The molecular formula is C17H22F3N3O2. The largest absolute Gasteiger partial charge is 0.445 e. The average Bonchev–Trinajstić information content (AvgIpc) is 2.58. The quantitative estimate of drug-likeness (QED) is 0.811. The Morgan fingerprint density at radius 3 is 2.88 bits per heavy atom. The lowest BCUT2D eigenvalue weighted by atomic mass is 9.91. The van der Waals surface area contributed by atoms with E-state index in [2.05, 4.69) is 16.9 Å². The number of rotatable bonds is 5. The number of piperidine rings is 1. The number of nitrogens with one attached hydrogen (secondary N) is 1. The molecule has 8 heteroatoms. The van der Waals surface area contributed by atoms with Crippen molar-refractivity contribution >= 4 is 11.9 Å². The van der Waals surface area contributed by atoms with Crippen molar-refractivity contribution in [3.63, 3.8) is 0 Å². The van der Waals surface area contributed by atoms with E-state index in [1.165, 1.54) is 12.1 Å². The SMILES string of the molecule is C=CCOC(=O)N1CCCC(C)C1CNc1ccc(C(F)(F)F)cn1. The molecule has 138 valence electrons. The third-order valence-corrected chi connectivity index (χ3v) is 4.26. The summed E-state index contributed by atoms with van der Waals surface area (Å²) in [4.78, 5) is 17.6. The molecule has 25 heavy (non-hydrogen) atoms. The minimum Gasteiger partial charge on any atom is -0.445 e. The van der Waals surface area contributed by atoms with Gasteiger partial charge in [-0.25, -0.2) is 9.78 Å². The fourth-order valence-corrected chi connectivity index (χ4v) is 2.88. The van der Waals surface area contributed by atoms with Gasteiger partial charge in [-0.05, 0) is 30.9 Å². The van der Waals surface area contributed by atoms with Crippen LogP contribution in [0.3, 0.4) is 0 Å². The van der Waals surface area contributed by atoms with Gasteiger partial charge in [0.05, 0.1) is 11.6 Å². The maximum atomic E-state index is 12.6. The first-order chi connectivity index (χ1) is 11.8. The molecule has 0 radical (unpaired) electrons. The molecule has 2 rings (SSSR count). The van der Waals surface area contributed by atoms with E-state index in [1.54, 1.807) is 4.90 Å². The first kappa shape index (κ1) is 19.1. The van der Waals surface area contributed by atoms with Gasteiger partial charge < -0.3 is 15.0 Å². The number of hydrogen-bond acceptors (Lipinski definition) is 4. The van der Waals surface area contributed by atoms with Crippen molar-refractivity contribution in [2.45, 2.75) is 32.0 Å². The van der Waals surface area contributed by atoms with E-state index in [0.717, 1.165) is 25.1 Å². The second-order valence-electron chi connectivity index (χ2n) is 6.06. The van der Waals surface area contributed by atoms with Crippen LogP contribution in [-0.4, -0.2) is 41.7 Å². The Bertz CT molecular complexity index is 590. The number of carbonyl (C=O) groups is 1. The number of alkyl halides is 3. The minimum absolute atomic E-state index is 0.116. The molecular weight excluding hydrogens is 335 g/mol. The Balaban J connectivity index is 2.00. The van der Waals surface area contributed by atoms with Gasteiger partial charge in [-0.15, -0.1) is 0 Å². The van der Waals surface area contributed by atoms with Crippen LogP contribution in [0.25, 0.3) is 0 Å². The van der Waals surface area contributed by atoms with Crippen molar-refractivity contribution in [2.75, 3.05) is 25.0 Å². The molecule has 0 bridgehead atoms. The Morgan fingerprint density at radius 2 is 2.28 bits per heavy atom. The first-order valence-corrected chi connectivity index (χ1v) is 8.14. The van der Waals surface area contributed by atoms with E-state index in [9.17, 15) is 18.0 Å². The van der Waals surface area contributed by atoms with Crippen LogP contribution in [0.4, 0.5) is 23.8 Å². The molecule has 2 atom stereocenters. The number of amides is 1. The summed E-state index contributed by atoms with van der Waals surface area (Å²) in [5.74, 6) is 0.581. The highest BCUT2D eigenvalue weighted by atomic mass is 19.4. The van der Waals surface area contributed by atoms with Crippen molar-refractivity contribution in [3.05, 3.63) is 36.5 Å². The lowest BCUT2D eigenvalue weighted by molar-refractivity contribution is -0.137. The zero-order valence-electron chi connectivity index (χ0n) is 14.1. The third-order valence-electron chi connectivity index (χ3n) is 4.26. The van der Waals surface area contributed by atoms with Crippen LogP contribution in [0.2, 0.25) is 0 Å².